The standard InChI is InChI=1S/C21H26N6O.C6H6/c1-12-6-14(7-13(2)24-12)20(23)17-8-15-10-27(16-4-5-26(3)11-16)21(28)25-19(15)9-18(17)22;1-2-4-6-5-3-1/h6-9,16,23H,4-5,10-11,22H2,1-3H3,(H,25,28);1-6H. The molecule has 176 valence electrons. The molecule has 2 amide bonds. The zero-order chi connectivity index (χ0) is 24.2. The molecule has 0 radical (unpaired) electrons. The number of carbonyl (C=O) groups excluding carboxylic acids is 1. The maximum atomic E-state index is 12.6. The summed E-state index contributed by atoms with van der Waals surface area (Å²) in [5.41, 5.74) is 12.1. The fourth-order valence-electron chi connectivity index (χ4n) is 4.55. The van der Waals surface area contributed by atoms with Crippen LogP contribution in [0.4, 0.5) is 16.2 Å². The average molecular weight is 457 g/mol. The van der Waals surface area contributed by atoms with Crippen LogP contribution in [0.3, 0.4) is 0 Å². The van der Waals surface area contributed by atoms with Gasteiger partial charge in [0.1, 0.15) is 0 Å². The van der Waals surface area contributed by atoms with Crippen LogP contribution in [0.5, 0.6) is 0 Å². The van der Waals surface area contributed by atoms with Gasteiger partial charge in [-0.2, -0.15) is 0 Å². The highest BCUT2D eigenvalue weighted by atomic mass is 16.2. The Balaban J connectivity index is 0.000000398. The number of rotatable bonds is 3. The van der Waals surface area contributed by atoms with E-state index in [1.165, 1.54) is 0 Å². The third-order valence-electron chi connectivity index (χ3n) is 6.23. The Labute approximate surface area is 201 Å². The topological polar surface area (TPSA) is 98.3 Å². The molecule has 1 unspecified atom stereocenters. The van der Waals surface area contributed by atoms with Gasteiger partial charge in [-0.15, -0.1) is 0 Å². The molecule has 2 aliphatic heterocycles. The lowest BCUT2D eigenvalue weighted by molar-refractivity contribution is 0.181. The normalized spacial score (nSPS) is 17.4. The summed E-state index contributed by atoms with van der Waals surface area (Å²) in [6.07, 6.45) is 0.979. The Morgan fingerprint density at radius 3 is 2.24 bits per heavy atom. The summed E-state index contributed by atoms with van der Waals surface area (Å²) >= 11 is 0. The maximum Gasteiger partial charge on any atom is 0.322 e. The zero-order valence-electron chi connectivity index (χ0n) is 20.0. The van der Waals surface area contributed by atoms with Gasteiger partial charge in [-0.3, -0.25) is 10.4 Å². The minimum Gasteiger partial charge on any atom is -0.398 e. The van der Waals surface area contributed by atoms with E-state index in [0.29, 0.717) is 23.5 Å². The molecule has 0 saturated carbocycles. The molecule has 1 saturated heterocycles. The van der Waals surface area contributed by atoms with E-state index in [2.05, 4.69) is 22.2 Å². The Morgan fingerprint density at radius 1 is 1.06 bits per heavy atom. The molecular weight excluding hydrogens is 424 g/mol. The highest BCUT2D eigenvalue weighted by Gasteiger charge is 2.33. The van der Waals surface area contributed by atoms with Crippen molar-refractivity contribution in [1.29, 1.82) is 5.41 Å². The minimum atomic E-state index is -0.0737. The number of aryl methyl sites for hydroxylation is 2. The molecule has 0 bridgehead atoms. The van der Waals surface area contributed by atoms with E-state index in [1.807, 2.05) is 73.3 Å². The van der Waals surface area contributed by atoms with Crippen molar-refractivity contribution >= 4 is 23.1 Å². The van der Waals surface area contributed by atoms with Crippen molar-refractivity contribution in [1.82, 2.24) is 14.8 Å². The van der Waals surface area contributed by atoms with Crippen LogP contribution in [0, 0.1) is 19.3 Å². The lowest BCUT2D eigenvalue weighted by Crippen LogP contribution is -2.46. The van der Waals surface area contributed by atoms with E-state index < -0.39 is 0 Å². The number of fused-ring (bicyclic) bond motifs is 1. The molecule has 1 fully saturated rings. The van der Waals surface area contributed by atoms with Gasteiger partial charge in [0.2, 0.25) is 0 Å². The summed E-state index contributed by atoms with van der Waals surface area (Å²) in [4.78, 5) is 21.1. The molecule has 7 nitrogen and oxygen atoms in total. The molecule has 3 aromatic rings. The second-order valence-electron chi connectivity index (χ2n) is 9.03. The van der Waals surface area contributed by atoms with Crippen molar-refractivity contribution in [3.05, 3.63) is 88.7 Å². The first-order valence-electron chi connectivity index (χ1n) is 11.5. The first-order chi connectivity index (χ1) is 16.3. The van der Waals surface area contributed by atoms with Gasteiger partial charge < -0.3 is 20.9 Å². The molecule has 2 aliphatic rings. The van der Waals surface area contributed by atoms with Gasteiger partial charge >= 0.3 is 6.03 Å². The van der Waals surface area contributed by atoms with Crippen LogP contribution in [0.1, 0.15) is 34.5 Å². The first kappa shape index (κ1) is 23.4. The van der Waals surface area contributed by atoms with Gasteiger partial charge in [0.15, 0.2) is 0 Å². The number of nitrogen functional groups attached to an aromatic ring is 1. The zero-order valence-corrected chi connectivity index (χ0v) is 20.0. The van der Waals surface area contributed by atoms with E-state index in [4.69, 9.17) is 11.1 Å². The van der Waals surface area contributed by atoms with Gasteiger partial charge in [0.25, 0.3) is 0 Å². The van der Waals surface area contributed by atoms with Gasteiger partial charge in [-0.05, 0) is 63.7 Å². The second-order valence-corrected chi connectivity index (χ2v) is 9.03. The van der Waals surface area contributed by atoms with Crippen molar-refractivity contribution in [3.63, 3.8) is 0 Å². The Morgan fingerprint density at radius 2 is 1.68 bits per heavy atom. The number of likely N-dealkylation sites (N-methyl/N-ethyl adjacent to an activating group) is 1. The lowest BCUT2D eigenvalue weighted by Gasteiger charge is -2.34. The maximum absolute atomic E-state index is 12.6. The van der Waals surface area contributed by atoms with E-state index >= 15 is 0 Å². The number of nitrogens with one attached hydrogen (secondary N) is 2. The molecule has 5 rings (SSSR count). The minimum absolute atomic E-state index is 0.0737. The quantitative estimate of drug-likeness (QED) is 0.401. The van der Waals surface area contributed by atoms with Gasteiger partial charge in [0, 0.05) is 53.0 Å². The molecule has 1 aromatic heterocycles. The molecule has 2 aromatic carbocycles. The molecule has 4 N–H and O–H groups in total. The molecule has 0 spiro atoms. The van der Waals surface area contributed by atoms with E-state index in [-0.39, 0.29) is 12.1 Å². The third kappa shape index (κ3) is 5.26. The van der Waals surface area contributed by atoms with E-state index in [1.54, 1.807) is 6.07 Å². The molecule has 34 heavy (non-hydrogen) atoms. The highest BCUT2D eigenvalue weighted by Crippen LogP contribution is 2.32. The number of pyridine rings is 1. The van der Waals surface area contributed by atoms with Gasteiger partial charge in [-0.25, -0.2) is 4.79 Å². The Hall–Kier alpha value is -3.71. The number of hydrogen-bond donors (Lipinski definition) is 3. The third-order valence-corrected chi connectivity index (χ3v) is 6.23. The summed E-state index contributed by atoms with van der Waals surface area (Å²) in [6.45, 7) is 6.27. The highest BCUT2D eigenvalue weighted by molar-refractivity contribution is 6.14. The van der Waals surface area contributed by atoms with Crippen LogP contribution in [-0.2, 0) is 6.54 Å². The Bertz CT molecular complexity index is 1150. The molecule has 3 heterocycles. The van der Waals surface area contributed by atoms with Crippen LogP contribution < -0.4 is 11.1 Å². The van der Waals surface area contributed by atoms with Crippen molar-refractivity contribution in [2.75, 3.05) is 31.2 Å². The van der Waals surface area contributed by atoms with E-state index in [0.717, 1.165) is 47.7 Å². The number of carbonyl (C=O) groups is 1. The second kappa shape index (κ2) is 10.1. The summed E-state index contributed by atoms with van der Waals surface area (Å²) in [5, 5.41) is 11.7. The van der Waals surface area contributed by atoms with Crippen molar-refractivity contribution < 1.29 is 4.79 Å². The summed E-state index contributed by atoms with van der Waals surface area (Å²) in [5.74, 6) is 0. The number of anilines is 2. The summed E-state index contributed by atoms with van der Waals surface area (Å²) in [7, 11) is 2.08. The van der Waals surface area contributed by atoms with Crippen LogP contribution in [-0.4, -0.2) is 52.7 Å². The lowest BCUT2D eigenvalue weighted by atomic mass is 9.96. The molecule has 0 aliphatic carbocycles. The predicted molar refractivity (Wildman–Crippen MR) is 137 cm³/mol. The van der Waals surface area contributed by atoms with Crippen LogP contribution in [0.15, 0.2) is 60.7 Å². The SMILES string of the molecule is Cc1cc(C(=N)c2cc3c(cc2N)NC(=O)N(C2CCN(C)C2)C3)cc(C)n1.c1ccccc1. The monoisotopic (exact) mass is 456 g/mol. The molecule has 7 heteroatoms. The van der Waals surface area contributed by atoms with Crippen LogP contribution in [0.25, 0.3) is 0 Å². The van der Waals surface area contributed by atoms with Crippen molar-refractivity contribution in [2.45, 2.75) is 32.9 Å². The summed E-state index contributed by atoms with van der Waals surface area (Å²) in [6, 6.07) is 19.7. The largest absolute Gasteiger partial charge is 0.398 e. The smallest absolute Gasteiger partial charge is 0.322 e. The molecular formula is C27H32N6O. The van der Waals surface area contributed by atoms with Gasteiger partial charge in [-0.1, -0.05) is 36.4 Å². The predicted octanol–water partition coefficient (Wildman–Crippen LogP) is 4.44. The number of hydrogen-bond acceptors (Lipinski definition) is 5. The van der Waals surface area contributed by atoms with Crippen molar-refractivity contribution in [2.24, 2.45) is 0 Å². The number of nitrogens with zero attached hydrogens (tertiary/aromatic N) is 3. The van der Waals surface area contributed by atoms with Crippen LogP contribution in [0.2, 0.25) is 0 Å². The number of likely N-dealkylation sites (tertiary alicyclic amines) is 1. The Kier molecular flexibility index (Phi) is 6.93. The summed E-state index contributed by atoms with van der Waals surface area (Å²) < 4.78 is 0. The van der Waals surface area contributed by atoms with Gasteiger partial charge in [0.05, 0.1) is 5.71 Å². The number of aromatic nitrogens is 1. The number of urea groups is 1. The average Bonchev–Trinajstić information content (AvgIpc) is 3.25. The number of amides is 2. The molecule has 1 atom stereocenters. The van der Waals surface area contributed by atoms with E-state index in [9.17, 15) is 4.79 Å². The van der Waals surface area contributed by atoms with Crippen molar-refractivity contribution in [3.8, 4) is 0 Å². The number of benzene rings is 2. The van der Waals surface area contributed by atoms with Crippen LogP contribution >= 0.6 is 0 Å². The fraction of sp³-hybridized carbons (Fsp3) is 0.296. The fourth-order valence-corrected chi connectivity index (χ4v) is 4.55. The first-order valence-corrected chi connectivity index (χ1v) is 11.5. The number of nitrogens with two attached hydrogens (primary N) is 1.